The van der Waals surface area contributed by atoms with Crippen molar-refractivity contribution in [2.45, 2.75) is 18.2 Å². The van der Waals surface area contributed by atoms with Crippen LogP contribution in [0.2, 0.25) is 0 Å². The lowest BCUT2D eigenvalue weighted by atomic mass is 9.88. The molecule has 2 nitrogen and oxygen atoms in total. The number of hydrogen-bond donors (Lipinski definition) is 1. The molecule has 2 aromatic carbocycles. The van der Waals surface area contributed by atoms with E-state index in [9.17, 15) is 18.3 Å². The van der Waals surface area contributed by atoms with E-state index in [0.29, 0.717) is 5.52 Å². The standard InChI is InChI=1S/C18H14F3NO/c19-18(20,21)17(23,14-7-2-1-3-8-14)12-15-11-10-13-6-4-5-9-16(13)22-15/h1-11,23H,12H2. The summed E-state index contributed by atoms with van der Waals surface area (Å²) in [5.74, 6) is 0. The summed E-state index contributed by atoms with van der Waals surface area (Å²) in [5, 5.41) is 11.2. The second kappa shape index (κ2) is 5.66. The number of alkyl halides is 3. The minimum atomic E-state index is -4.80. The fourth-order valence-corrected chi connectivity index (χ4v) is 2.55. The average Bonchev–Trinajstić information content (AvgIpc) is 2.54. The first kappa shape index (κ1) is 15.5. The zero-order chi connectivity index (χ0) is 16.5. The maximum atomic E-state index is 13.5. The van der Waals surface area contributed by atoms with Gasteiger partial charge in [0.1, 0.15) is 0 Å². The molecular weight excluding hydrogens is 303 g/mol. The van der Waals surface area contributed by atoms with Crippen LogP contribution in [-0.2, 0) is 12.0 Å². The smallest absolute Gasteiger partial charge is 0.376 e. The van der Waals surface area contributed by atoms with Gasteiger partial charge in [0.25, 0.3) is 0 Å². The predicted octanol–water partition coefficient (Wildman–Crippen LogP) is 4.23. The molecule has 23 heavy (non-hydrogen) atoms. The van der Waals surface area contributed by atoms with Crippen LogP contribution in [0, 0.1) is 0 Å². The number of para-hydroxylation sites is 1. The maximum absolute atomic E-state index is 13.5. The minimum Gasteiger partial charge on any atom is -0.376 e. The molecule has 1 unspecified atom stereocenters. The number of pyridine rings is 1. The average molecular weight is 317 g/mol. The Morgan fingerprint density at radius 2 is 1.48 bits per heavy atom. The normalized spacial score (nSPS) is 14.6. The maximum Gasteiger partial charge on any atom is 0.421 e. The van der Waals surface area contributed by atoms with Crippen LogP contribution in [0.5, 0.6) is 0 Å². The van der Waals surface area contributed by atoms with Crippen LogP contribution in [0.25, 0.3) is 10.9 Å². The van der Waals surface area contributed by atoms with Crippen molar-refractivity contribution in [1.82, 2.24) is 4.98 Å². The fourth-order valence-electron chi connectivity index (χ4n) is 2.55. The molecule has 0 radical (unpaired) electrons. The molecule has 0 spiro atoms. The summed E-state index contributed by atoms with van der Waals surface area (Å²) in [6, 6.07) is 17.5. The molecule has 3 rings (SSSR count). The first-order valence-corrected chi connectivity index (χ1v) is 7.09. The number of benzene rings is 2. The molecule has 0 amide bonds. The van der Waals surface area contributed by atoms with Gasteiger partial charge in [-0.2, -0.15) is 13.2 Å². The minimum absolute atomic E-state index is 0.187. The Morgan fingerprint density at radius 1 is 0.826 bits per heavy atom. The summed E-state index contributed by atoms with van der Waals surface area (Å²) in [5.41, 5.74) is -2.37. The van der Waals surface area contributed by atoms with Crippen LogP contribution in [0.15, 0.2) is 66.7 Å². The number of fused-ring (bicyclic) bond motifs is 1. The highest BCUT2D eigenvalue weighted by Gasteiger charge is 2.55. The van der Waals surface area contributed by atoms with Gasteiger partial charge in [0, 0.05) is 17.5 Å². The lowest BCUT2D eigenvalue weighted by Crippen LogP contribution is -2.44. The summed E-state index contributed by atoms with van der Waals surface area (Å²) in [7, 11) is 0. The number of rotatable bonds is 3. The third-order valence-electron chi connectivity index (χ3n) is 3.81. The summed E-state index contributed by atoms with van der Waals surface area (Å²) in [6.07, 6.45) is -5.44. The second-order valence-electron chi connectivity index (χ2n) is 5.40. The predicted molar refractivity (Wildman–Crippen MR) is 81.8 cm³/mol. The van der Waals surface area contributed by atoms with E-state index in [2.05, 4.69) is 4.98 Å². The summed E-state index contributed by atoms with van der Waals surface area (Å²) in [6.45, 7) is 0. The van der Waals surface area contributed by atoms with Crippen molar-refractivity contribution in [2.24, 2.45) is 0 Å². The van der Waals surface area contributed by atoms with E-state index in [1.165, 1.54) is 30.3 Å². The lowest BCUT2D eigenvalue weighted by Gasteiger charge is -2.30. The van der Waals surface area contributed by atoms with Crippen LogP contribution in [0.4, 0.5) is 13.2 Å². The number of halogens is 3. The Labute approximate surface area is 131 Å². The molecule has 0 saturated heterocycles. The molecule has 1 N–H and O–H groups in total. The summed E-state index contributed by atoms with van der Waals surface area (Å²) < 4.78 is 40.5. The molecule has 3 aromatic rings. The van der Waals surface area contributed by atoms with Crippen molar-refractivity contribution >= 4 is 10.9 Å². The molecule has 118 valence electrons. The van der Waals surface area contributed by atoms with Gasteiger partial charge in [-0.05, 0) is 17.7 Å². The number of nitrogens with zero attached hydrogens (tertiary/aromatic N) is 1. The molecular formula is C18H14F3NO. The number of aliphatic hydroxyl groups is 1. The van der Waals surface area contributed by atoms with Gasteiger partial charge in [0.05, 0.1) is 5.52 Å². The molecule has 0 bridgehead atoms. The van der Waals surface area contributed by atoms with E-state index in [1.54, 1.807) is 24.3 Å². The number of hydrogen-bond acceptors (Lipinski definition) is 2. The first-order chi connectivity index (χ1) is 10.9. The SMILES string of the molecule is OC(Cc1ccc2ccccc2n1)(c1ccccc1)C(F)(F)F. The van der Waals surface area contributed by atoms with Crippen LogP contribution >= 0.6 is 0 Å². The van der Waals surface area contributed by atoms with E-state index >= 15 is 0 Å². The van der Waals surface area contributed by atoms with Gasteiger partial charge in [-0.15, -0.1) is 0 Å². The zero-order valence-corrected chi connectivity index (χ0v) is 12.1. The molecule has 1 heterocycles. The van der Waals surface area contributed by atoms with Gasteiger partial charge in [-0.3, -0.25) is 4.98 Å². The zero-order valence-electron chi connectivity index (χ0n) is 12.1. The number of aromatic nitrogens is 1. The van der Waals surface area contributed by atoms with Crippen LogP contribution in [0.3, 0.4) is 0 Å². The van der Waals surface area contributed by atoms with Gasteiger partial charge in [-0.1, -0.05) is 54.6 Å². The van der Waals surface area contributed by atoms with Gasteiger partial charge >= 0.3 is 6.18 Å². The molecule has 1 atom stereocenters. The van der Waals surface area contributed by atoms with Crippen LogP contribution < -0.4 is 0 Å². The van der Waals surface area contributed by atoms with E-state index in [-0.39, 0.29) is 11.3 Å². The summed E-state index contributed by atoms with van der Waals surface area (Å²) in [4.78, 5) is 4.24. The van der Waals surface area contributed by atoms with E-state index in [0.717, 1.165) is 5.39 Å². The van der Waals surface area contributed by atoms with Crippen molar-refractivity contribution < 1.29 is 18.3 Å². The van der Waals surface area contributed by atoms with E-state index in [4.69, 9.17) is 0 Å². The van der Waals surface area contributed by atoms with Crippen LogP contribution in [-0.4, -0.2) is 16.3 Å². The second-order valence-corrected chi connectivity index (χ2v) is 5.40. The monoisotopic (exact) mass is 317 g/mol. The highest BCUT2D eigenvalue weighted by Crippen LogP contribution is 2.41. The van der Waals surface area contributed by atoms with Gasteiger partial charge in [-0.25, -0.2) is 0 Å². The van der Waals surface area contributed by atoms with Crippen molar-refractivity contribution in [3.63, 3.8) is 0 Å². The molecule has 0 saturated carbocycles. The fraction of sp³-hybridized carbons (Fsp3) is 0.167. The highest BCUT2D eigenvalue weighted by molar-refractivity contribution is 5.78. The van der Waals surface area contributed by atoms with Crippen molar-refractivity contribution in [2.75, 3.05) is 0 Å². The molecule has 0 aliphatic rings. The largest absolute Gasteiger partial charge is 0.421 e. The summed E-state index contributed by atoms with van der Waals surface area (Å²) >= 11 is 0. The van der Waals surface area contributed by atoms with E-state index < -0.39 is 18.2 Å². The quantitative estimate of drug-likeness (QED) is 0.784. The molecule has 1 aromatic heterocycles. The van der Waals surface area contributed by atoms with Crippen molar-refractivity contribution in [3.05, 3.63) is 78.0 Å². The van der Waals surface area contributed by atoms with Gasteiger partial charge < -0.3 is 5.11 Å². The Balaban J connectivity index is 2.04. The molecule has 0 fully saturated rings. The third kappa shape index (κ3) is 2.92. The first-order valence-electron chi connectivity index (χ1n) is 7.09. The topological polar surface area (TPSA) is 33.1 Å². The van der Waals surface area contributed by atoms with Gasteiger partial charge in [0.2, 0.25) is 0 Å². The Hall–Kier alpha value is -2.40. The molecule has 0 aliphatic carbocycles. The Morgan fingerprint density at radius 3 is 2.17 bits per heavy atom. The molecule has 5 heteroatoms. The van der Waals surface area contributed by atoms with E-state index in [1.807, 2.05) is 12.1 Å². The molecule has 0 aliphatic heterocycles. The van der Waals surface area contributed by atoms with Crippen molar-refractivity contribution in [3.8, 4) is 0 Å². The van der Waals surface area contributed by atoms with Gasteiger partial charge in [0.15, 0.2) is 5.60 Å². The third-order valence-corrected chi connectivity index (χ3v) is 3.81. The Kier molecular flexibility index (Phi) is 3.82. The Bertz CT molecular complexity index is 817. The van der Waals surface area contributed by atoms with Crippen molar-refractivity contribution in [1.29, 1.82) is 0 Å². The highest BCUT2D eigenvalue weighted by atomic mass is 19.4. The lowest BCUT2D eigenvalue weighted by molar-refractivity contribution is -0.266. The van der Waals surface area contributed by atoms with Crippen LogP contribution in [0.1, 0.15) is 11.3 Å².